The van der Waals surface area contributed by atoms with Crippen LogP contribution in [0.25, 0.3) is 11.3 Å². The smallest absolute Gasteiger partial charge is 0.293 e. The molecule has 0 radical (unpaired) electrons. The summed E-state index contributed by atoms with van der Waals surface area (Å²) < 4.78 is 29.2. The first-order valence-corrected chi connectivity index (χ1v) is 9.16. The van der Waals surface area contributed by atoms with Crippen LogP contribution < -0.4 is 5.56 Å². The molecule has 2 aromatic carbocycles. The van der Waals surface area contributed by atoms with Gasteiger partial charge in [0.1, 0.15) is 0 Å². The van der Waals surface area contributed by atoms with Crippen molar-refractivity contribution in [3.63, 3.8) is 0 Å². The number of carbonyl (C=O) groups excluding carboxylic acids is 1. The lowest BCUT2D eigenvalue weighted by Gasteiger charge is -2.07. The largest absolute Gasteiger partial charge is 0.300 e. The molecule has 9 heteroatoms. The van der Waals surface area contributed by atoms with Gasteiger partial charge in [0.25, 0.3) is 0 Å². The van der Waals surface area contributed by atoms with Gasteiger partial charge in [-0.05, 0) is 12.1 Å². The van der Waals surface area contributed by atoms with Crippen molar-refractivity contribution in [2.45, 2.75) is 5.16 Å². The van der Waals surface area contributed by atoms with E-state index in [-0.39, 0.29) is 22.9 Å². The van der Waals surface area contributed by atoms with Crippen molar-refractivity contribution < 1.29 is 13.6 Å². The highest BCUT2D eigenvalue weighted by Gasteiger charge is 2.15. The van der Waals surface area contributed by atoms with Gasteiger partial charge in [0.15, 0.2) is 22.6 Å². The van der Waals surface area contributed by atoms with Gasteiger partial charge in [0.2, 0.25) is 5.65 Å². The van der Waals surface area contributed by atoms with Crippen molar-refractivity contribution in [1.29, 1.82) is 0 Å². The van der Waals surface area contributed by atoms with E-state index in [1.54, 1.807) is 24.3 Å². The van der Waals surface area contributed by atoms with E-state index >= 15 is 0 Å². The average molecular weight is 398 g/mol. The normalized spacial score (nSPS) is 11.1. The number of halogens is 2. The van der Waals surface area contributed by atoms with Crippen LogP contribution in [-0.4, -0.2) is 30.7 Å². The van der Waals surface area contributed by atoms with Gasteiger partial charge in [0.05, 0.1) is 11.4 Å². The minimum absolute atomic E-state index is 0.0156. The molecule has 2 heterocycles. The van der Waals surface area contributed by atoms with Gasteiger partial charge in [-0.1, -0.05) is 42.1 Å². The number of hydrogen-bond donors (Lipinski definition) is 0. The zero-order valence-electron chi connectivity index (χ0n) is 14.3. The second-order valence-electron chi connectivity index (χ2n) is 5.83. The molecule has 0 unspecified atom stereocenters. The molecule has 140 valence electrons. The zero-order valence-corrected chi connectivity index (χ0v) is 15.1. The molecule has 2 aromatic heterocycles. The molecule has 0 aliphatic heterocycles. The summed E-state index contributed by atoms with van der Waals surface area (Å²) in [6.45, 7) is 0. The van der Waals surface area contributed by atoms with Crippen LogP contribution in [0.5, 0.6) is 0 Å². The maximum Gasteiger partial charge on any atom is 0.300 e. The Kier molecular flexibility index (Phi) is 4.74. The van der Waals surface area contributed by atoms with Crippen molar-refractivity contribution in [2.75, 3.05) is 5.75 Å². The molecule has 0 atom stereocenters. The number of rotatable bonds is 5. The van der Waals surface area contributed by atoms with Crippen molar-refractivity contribution in [3.05, 3.63) is 88.5 Å². The van der Waals surface area contributed by atoms with Crippen LogP contribution >= 0.6 is 11.8 Å². The number of nitrogens with zero attached hydrogens (tertiary/aromatic N) is 4. The summed E-state index contributed by atoms with van der Waals surface area (Å²) in [5.41, 5.74) is 0.233. The molecule has 0 saturated heterocycles. The van der Waals surface area contributed by atoms with E-state index in [0.717, 1.165) is 28.5 Å². The Balaban J connectivity index is 1.62. The maximum absolute atomic E-state index is 13.5. The maximum atomic E-state index is 13.5. The summed E-state index contributed by atoms with van der Waals surface area (Å²) >= 11 is 1.16. The molecule has 4 aromatic rings. The first-order valence-electron chi connectivity index (χ1n) is 8.17. The van der Waals surface area contributed by atoms with Crippen LogP contribution in [0.15, 0.2) is 70.9 Å². The molecule has 0 N–H and O–H groups in total. The van der Waals surface area contributed by atoms with E-state index in [2.05, 4.69) is 10.2 Å². The van der Waals surface area contributed by atoms with Crippen LogP contribution in [-0.2, 0) is 0 Å². The van der Waals surface area contributed by atoms with Crippen LogP contribution in [0.3, 0.4) is 0 Å². The first-order chi connectivity index (χ1) is 13.5. The topological polar surface area (TPSA) is 69.3 Å². The Morgan fingerprint density at radius 3 is 2.54 bits per heavy atom. The third-order valence-corrected chi connectivity index (χ3v) is 4.99. The highest BCUT2D eigenvalue weighted by atomic mass is 32.2. The van der Waals surface area contributed by atoms with E-state index in [1.807, 2.05) is 6.07 Å². The number of benzene rings is 2. The number of hydrogen-bond acceptors (Lipinski definition) is 5. The minimum Gasteiger partial charge on any atom is -0.293 e. The Morgan fingerprint density at radius 1 is 1.00 bits per heavy atom. The molecule has 4 rings (SSSR count). The number of thioether (sulfide) groups is 1. The van der Waals surface area contributed by atoms with E-state index in [0.29, 0.717) is 10.7 Å². The van der Waals surface area contributed by atoms with Crippen LogP contribution in [0.2, 0.25) is 0 Å². The van der Waals surface area contributed by atoms with Gasteiger partial charge in [0, 0.05) is 24.0 Å². The monoisotopic (exact) mass is 398 g/mol. The van der Waals surface area contributed by atoms with Crippen molar-refractivity contribution in [1.82, 2.24) is 19.2 Å². The van der Waals surface area contributed by atoms with Gasteiger partial charge in [-0.2, -0.15) is 0 Å². The highest BCUT2D eigenvalue weighted by molar-refractivity contribution is 7.99. The summed E-state index contributed by atoms with van der Waals surface area (Å²) in [4.78, 5) is 24.9. The van der Waals surface area contributed by atoms with Crippen LogP contribution in [0.4, 0.5) is 8.78 Å². The first kappa shape index (κ1) is 18.1. The van der Waals surface area contributed by atoms with Gasteiger partial charge < -0.3 is 0 Å². The molecule has 0 aliphatic rings. The highest BCUT2D eigenvalue weighted by Crippen LogP contribution is 2.18. The number of Topliss-reactive ketones (excluding diaryl/α,β-unsaturated/α-hetero) is 1. The second kappa shape index (κ2) is 7.35. The van der Waals surface area contributed by atoms with E-state index in [4.69, 9.17) is 0 Å². The predicted octanol–water partition coefficient (Wildman–Crippen LogP) is 3.13. The molecule has 0 amide bonds. The summed E-state index contributed by atoms with van der Waals surface area (Å²) in [7, 11) is 0. The average Bonchev–Trinajstić information content (AvgIpc) is 3.13. The van der Waals surface area contributed by atoms with E-state index in [1.165, 1.54) is 22.9 Å². The van der Waals surface area contributed by atoms with Crippen molar-refractivity contribution in [3.8, 4) is 5.69 Å². The third kappa shape index (κ3) is 3.31. The fraction of sp³-hybridized carbons (Fsp3) is 0.0526. The van der Waals surface area contributed by atoms with E-state index in [9.17, 15) is 18.4 Å². The molecular formula is C19H12F2N4O2S. The number of aromatic nitrogens is 4. The Labute approximate surface area is 161 Å². The molecular weight excluding hydrogens is 386 g/mol. The van der Waals surface area contributed by atoms with Crippen molar-refractivity contribution in [2.24, 2.45) is 0 Å². The van der Waals surface area contributed by atoms with Gasteiger partial charge in [-0.3, -0.25) is 18.6 Å². The number of ketones is 1. The lowest BCUT2D eigenvalue weighted by atomic mass is 10.2. The van der Waals surface area contributed by atoms with Gasteiger partial charge in [-0.15, -0.1) is 10.2 Å². The Morgan fingerprint density at radius 2 is 1.79 bits per heavy atom. The third-order valence-electron chi connectivity index (χ3n) is 4.05. The Hall–Kier alpha value is -3.33. The Bertz CT molecular complexity index is 1240. The lowest BCUT2D eigenvalue weighted by Crippen LogP contribution is -2.20. The lowest BCUT2D eigenvalue weighted by molar-refractivity contribution is 0.102. The van der Waals surface area contributed by atoms with Crippen molar-refractivity contribution >= 4 is 23.2 Å². The van der Waals surface area contributed by atoms with E-state index < -0.39 is 17.2 Å². The fourth-order valence-corrected chi connectivity index (χ4v) is 3.45. The molecule has 0 spiro atoms. The molecule has 0 bridgehead atoms. The molecule has 0 fully saturated rings. The second-order valence-corrected chi connectivity index (χ2v) is 6.77. The molecule has 28 heavy (non-hydrogen) atoms. The fourth-order valence-electron chi connectivity index (χ4n) is 2.64. The summed E-state index contributed by atoms with van der Waals surface area (Å²) in [6, 6.07) is 12.0. The zero-order chi connectivity index (χ0) is 19.7. The van der Waals surface area contributed by atoms with Crippen LogP contribution in [0.1, 0.15) is 10.4 Å². The summed E-state index contributed by atoms with van der Waals surface area (Å²) in [5, 5.41) is 8.22. The predicted molar refractivity (Wildman–Crippen MR) is 100.0 cm³/mol. The van der Waals surface area contributed by atoms with Gasteiger partial charge in [-0.25, -0.2) is 8.78 Å². The quantitative estimate of drug-likeness (QED) is 0.382. The molecule has 0 saturated carbocycles. The molecule has 6 nitrogen and oxygen atoms in total. The van der Waals surface area contributed by atoms with Gasteiger partial charge >= 0.3 is 5.56 Å². The van der Waals surface area contributed by atoms with Crippen LogP contribution in [0, 0.1) is 11.6 Å². The molecule has 0 aliphatic carbocycles. The summed E-state index contributed by atoms with van der Waals surface area (Å²) in [5.74, 6) is -1.99. The minimum atomic E-state index is -1.05. The SMILES string of the molecule is O=C(CSc1nnc2c(=O)n(-c3ccc(F)c(F)c3)ccn12)c1ccccc1. The number of carbonyl (C=O) groups is 1. The summed E-state index contributed by atoms with van der Waals surface area (Å²) in [6.07, 6.45) is 2.95. The standard InChI is InChI=1S/C19H12F2N4O2S/c20-14-7-6-13(10-15(14)21)24-8-9-25-17(18(24)27)22-23-19(25)28-11-16(26)12-4-2-1-3-5-12/h1-10H,11H2. The number of fused-ring (bicyclic) bond motifs is 1.